The van der Waals surface area contributed by atoms with Crippen molar-refractivity contribution < 1.29 is 51.8 Å². The van der Waals surface area contributed by atoms with Gasteiger partial charge in [0.2, 0.25) is 0 Å². The molecule has 0 aromatic carbocycles. The minimum absolute atomic E-state index is 0.0261. The first kappa shape index (κ1) is 42.1. The van der Waals surface area contributed by atoms with E-state index in [4.69, 9.17) is 27.5 Å². The molecule has 0 heterocycles. The minimum atomic E-state index is -2.53. The second kappa shape index (κ2) is 20.8. The second-order valence-corrected chi connectivity index (χ2v) is 14.2. The predicted octanol–water partition coefficient (Wildman–Crippen LogP) is 3.96. The summed E-state index contributed by atoms with van der Waals surface area (Å²) in [6, 6.07) is 0.611. The summed E-state index contributed by atoms with van der Waals surface area (Å²) in [6.07, 6.45) is 7.20. The van der Waals surface area contributed by atoms with Gasteiger partial charge in [-0.1, -0.05) is 31.9 Å². The number of hydrogen-bond donors (Lipinski definition) is 0. The molecule has 3 atom stereocenters. The highest BCUT2D eigenvalue weighted by Gasteiger charge is 2.40. The Balaban J connectivity index is 0. The largest absolute Gasteiger partial charge is 0.545 e. The standard InChI is InChI=1S/C10H20O5Si.C9H12O2.C8H14O2.C4H6O2/c1-9(2)10(11)15-7-6-8-16(12-3,13-4)14-5;1-11-9(10)8-5-6-2-3-7(8)4-6;1-6(2)7(9)10-8(3,4)5;1-3(2)4(5)6/h1,6-8H2,2-5H3;2-3,6-8H,4-5H2,1H3;1H2,2-5H3;1H2,2H3,(H,5,6)/p-1. The van der Waals surface area contributed by atoms with Crippen LogP contribution in [0.25, 0.3) is 0 Å². The molecule has 1 fully saturated rings. The Bertz CT molecular complexity index is 970. The smallest absolute Gasteiger partial charge is 0.500 e. The lowest BCUT2D eigenvalue weighted by molar-refractivity contribution is -0.299. The Kier molecular flexibility index (Phi) is 20.3. The van der Waals surface area contributed by atoms with E-state index >= 15 is 0 Å². The molecular weight excluding hydrogens is 576 g/mol. The van der Waals surface area contributed by atoms with Crippen LogP contribution in [0.4, 0.5) is 0 Å². The average Bonchev–Trinajstić information content (AvgIpc) is 3.57. The van der Waals surface area contributed by atoms with Crippen molar-refractivity contribution in [2.75, 3.05) is 35.0 Å². The number of fused-ring (bicyclic) bond motifs is 2. The monoisotopic (exact) mass is 627 g/mol. The third-order valence-corrected chi connectivity index (χ3v) is 8.85. The number of carbonyl (C=O) groups excluding carboxylic acids is 4. The van der Waals surface area contributed by atoms with Gasteiger partial charge in [-0.3, -0.25) is 4.79 Å². The van der Waals surface area contributed by atoms with Crippen molar-refractivity contribution in [3.8, 4) is 0 Å². The maximum atomic E-state index is 11.1. The highest BCUT2D eigenvalue weighted by molar-refractivity contribution is 6.60. The number of ether oxygens (including phenoxy) is 3. The van der Waals surface area contributed by atoms with Crippen LogP contribution in [-0.2, 0) is 46.7 Å². The summed E-state index contributed by atoms with van der Waals surface area (Å²) in [5, 5.41) is 9.49. The summed E-state index contributed by atoms with van der Waals surface area (Å²) in [7, 11) is 3.60. The Hall–Kier alpha value is -3.06. The number of esters is 3. The highest BCUT2D eigenvalue weighted by atomic mass is 28.4. The van der Waals surface area contributed by atoms with Gasteiger partial charge in [-0.15, -0.1) is 0 Å². The maximum Gasteiger partial charge on any atom is 0.500 e. The number of carbonyl (C=O) groups is 4. The summed E-state index contributed by atoms with van der Waals surface area (Å²) in [4.78, 5) is 42.5. The lowest BCUT2D eigenvalue weighted by Crippen LogP contribution is -2.42. The van der Waals surface area contributed by atoms with Crippen LogP contribution >= 0.6 is 0 Å². The third-order valence-electron chi connectivity index (χ3n) is 6.02. The number of methoxy groups -OCH3 is 1. The number of hydrogen-bond acceptors (Lipinski definition) is 11. The SMILES string of the molecule is C=C(C)C(=O)OC(C)(C)C.C=C(C)C(=O)OCCC[Si](OC)(OC)OC.C=C(C)C(=O)[O-].COC(=O)C1CC2C=CC1C2. The van der Waals surface area contributed by atoms with Crippen molar-refractivity contribution in [1.29, 1.82) is 0 Å². The first-order chi connectivity index (χ1) is 19.8. The van der Waals surface area contributed by atoms with Gasteiger partial charge in [0.05, 0.1) is 25.6 Å². The van der Waals surface area contributed by atoms with Crippen LogP contribution in [0.2, 0.25) is 6.04 Å². The van der Waals surface area contributed by atoms with E-state index in [1.807, 2.05) is 20.8 Å². The topological polar surface area (TPSA) is 147 Å². The van der Waals surface area contributed by atoms with Crippen molar-refractivity contribution in [2.24, 2.45) is 17.8 Å². The van der Waals surface area contributed by atoms with Gasteiger partial charge in [0, 0.05) is 38.5 Å². The minimum Gasteiger partial charge on any atom is -0.545 e. The number of carboxylic acids is 1. The Morgan fingerprint density at radius 3 is 1.60 bits per heavy atom. The highest BCUT2D eigenvalue weighted by Crippen LogP contribution is 2.43. The van der Waals surface area contributed by atoms with Crippen LogP contribution in [0.1, 0.15) is 60.8 Å². The quantitative estimate of drug-likeness (QED) is 0.0819. The van der Waals surface area contributed by atoms with Gasteiger partial charge in [-0.25, -0.2) is 9.59 Å². The molecule has 0 spiro atoms. The normalized spacial score (nSPS) is 17.9. The Labute approximate surface area is 258 Å². The van der Waals surface area contributed by atoms with E-state index in [2.05, 4.69) is 31.9 Å². The van der Waals surface area contributed by atoms with Gasteiger partial charge in [0.25, 0.3) is 0 Å². The van der Waals surface area contributed by atoms with E-state index in [1.54, 1.807) is 35.2 Å². The third kappa shape index (κ3) is 18.3. The molecule has 0 aromatic rings. The first-order valence-electron chi connectivity index (χ1n) is 13.8. The second-order valence-electron chi connectivity index (χ2n) is 11.1. The molecule has 1 saturated carbocycles. The van der Waals surface area contributed by atoms with Gasteiger partial charge in [0.1, 0.15) is 5.60 Å². The molecule has 0 amide bonds. The molecule has 2 rings (SSSR count). The summed E-state index contributed by atoms with van der Waals surface area (Å²) >= 11 is 0. The molecule has 12 heteroatoms. The molecule has 0 aromatic heterocycles. The first-order valence-corrected chi connectivity index (χ1v) is 15.7. The number of rotatable bonds is 11. The van der Waals surface area contributed by atoms with Crippen LogP contribution in [0.5, 0.6) is 0 Å². The van der Waals surface area contributed by atoms with Crippen LogP contribution < -0.4 is 5.11 Å². The van der Waals surface area contributed by atoms with E-state index in [-0.39, 0.29) is 29.4 Å². The molecule has 246 valence electrons. The molecule has 2 aliphatic rings. The molecule has 0 saturated heterocycles. The van der Waals surface area contributed by atoms with E-state index in [1.165, 1.54) is 20.5 Å². The maximum absolute atomic E-state index is 11.1. The molecule has 43 heavy (non-hydrogen) atoms. The molecular formula is C31H51O11Si-. The van der Waals surface area contributed by atoms with E-state index in [0.717, 1.165) is 6.42 Å². The van der Waals surface area contributed by atoms with Crippen molar-refractivity contribution in [3.63, 3.8) is 0 Å². The summed E-state index contributed by atoms with van der Waals surface area (Å²) < 4.78 is 30.3. The van der Waals surface area contributed by atoms with E-state index in [0.29, 0.717) is 42.1 Å². The fourth-order valence-corrected chi connectivity index (χ4v) is 5.39. The Morgan fingerprint density at radius 2 is 1.33 bits per heavy atom. The van der Waals surface area contributed by atoms with Gasteiger partial charge in [-0.05, 0) is 78.2 Å². The van der Waals surface area contributed by atoms with Gasteiger partial charge >= 0.3 is 26.7 Å². The Morgan fingerprint density at radius 1 is 0.837 bits per heavy atom. The lowest BCUT2D eigenvalue weighted by Gasteiger charge is -2.24. The molecule has 3 unspecified atom stereocenters. The number of carboxylic acid groups (broad SMARTS) is 1. The fourth-order valence-electron chi connectivity index (χ4n) is 3.70. The lowest BCUT2D eigenvalue weighted by atomic mass is 9.94. The van der Waals surface area contributed by atoms with Crippen molar-refractivity contribution >= 4 is 32.7 Å². The molecule has 11 nitrogen and oxygen atoms in total. The van der Waals surface area contributed by atoms with Crippen molar-refractivity contribution in [3.05, 3.63) is 48.6 Å². The molecule has 0 radical (unpaired) electrons. The molecule has 2 bridgehead atoms. The average molecular weight is 628 g/mol. The van der Waals surface area contributed by atoms with Crippen LogP contribution in [0.3, 0.4) is 0 Å². The van der Waals surface area contributed by atoms with Crippen molar-refractivity contribution in [2.45, 2.75) is 72.5 Å². The van der Waals surface area contributed by atoms with Gasteiger partial charge in [-0.2, -0.15) is 0 Å². The zero-order chi connectivity index (χ0) is 34.0. The van der Waals surface area contributed by atoms with E-state index in [9.17, 15) is 24.3 Å². The number of aliphatic carboxylic acids is 1. The van der Waals surface area contributed by atoms with Gasteiger partial charge in [0.15, 0.2) is 0 Å². The fraction of sp³-hybridized carbons (Fsp3) is 0.613. The molecule has 2 aliphatic carbocycles. The summed E-state index contributed by atoms with van der Waals surface area (Å²) in [6.45, 7) is 20.5. The van der Waals surface area contributed by atoms with Crippen LogP contribution in [0, 0.1) is 17.8 Å². The predicted molar refractivity (Wildman–Crippen MR) is 163 cm³/mol. The summed E-state index contributed by atoms with van der Waals surface area (Å²) in [5.41, 5.74) is 0.495. The zero-order valence-corrected chi connectivity index (χ0v) is 28.5. The van der Waals surface area contributed by atoms with Crippen molar-refractivity contribution in [1.82, 2.24) is 0 Å². The van der Waals surface area contributed by atoms with Crippen LogP contribution in [0.15, 0.2) is 48.6 Å². The van der Waals surface area contributed by atoms with Gasteiger partial charge < -0.3 is 37.4 Å². The number of allylic oxidation sites excluding steroid dienone is 2. The van der Waals surface area contributed by atoms with Crippen LogP contribution in [-0.4, -0.2) is 73.3 Å². The summed E-state index contributed by atoms with van der Waals surface area (Å²) in [5.74, 6) is -0.615. The molecule has 0 N–H and O–H groups in total. The molecule has 0 aliphatic heterocycles. The van der Waals surface area contributed by atoms with E-state index < -0.39 is 20.4 Å². The zero-order valence-electron chi connectivity index (χ0n) is 27.5.